The average Bonchev–Trinajstić information content (AvgIpc) is 3.29. The number of ether oxygens (including phenoxy) is 2. The minimum atomic E-state index is -0.701. The van der Waals surface area contributed by atoms with E-state index in [4.69, 9.17) is 20.2 Å². The van der Waals surface area contributed by atoms with Crippen LogP contribution in [0.2, 0.25) is 0 Å². The molecule has 0 spiro atoms. The maximum atomic E-state index is 13.6. The van der Waals surface area contributed by atoms with Gasteiger partial charge in [0.2, 0.25) is 12.2 Å². The minimum absolute atomic E-state index is 0.328. The van der Waals surface area contributed by atoms with E-state index in [1.807, 2.05) is 25.1 Å². The Kier molecular flexibility index (Phi) is 6.01. The molecule has 0 radical (unpaired) electrons. The van der Waals surface area contributed by atoms with Crippen LogP contribution in [0.25, 0.3) is 22.6 Å². The van der Waals surface area contributed by atoms with Gasteiger partial charge in [-0.2, -0.15) is 0 Å². The summed E-state index contributed by atoms with van der Waals surface area (Å²) < 4.78 is 25.2. The lowest BCUT2D eigenvalue weighted by molar-refractivity contribution is -0.211. The van der Waals surface area contributed by atoms with E-state index < -0.39 is 11.8 Å². The molecule has 0 saturated carbocycles. The molecule has 3 aromatic heterocycles. The van der Waals surface area contributed by atoms with E-state index in [1.54, 1.807) is 30.6 Å². The molecule has 1 aliphatic rings. The number of nitrogens with two attached hydrogens (primary N) is 1. The van der Waals surface area contributed by atoms with Crippen LogP contribution in [-0.4, -0.2) is 43.7 Å². The molecule has 4 heterocycles. The first-order valence-electron chi connectivity index (χ1n) is 10.8. The number of imidazole rings is 1. The number of rotatable bonds is 6. The van der Waals surface area contributed by atoms with E-state index in [2.05, 4.69) is 25.3 Å². The fourth-order valence-corrected chi connectivity index (χ4v) is 3.54. The Balaban J connectivity index is 1.47. The molecular formula is C24H24FN7O2. The molecule has 0 aliphatic carbocycles. The summed E-state index contributed by atoms with van der Waals surface area (Å²) in [4.78, 5) is 21.3. The lowest BCUT2D eigenvalue weighted by Gasteiger charge is -2.33. The van der Waals surface area contributed by atoms with Crippen molar-refractivity contribution in [2.45, 2.75) is 25.3 Å². The third kappa shape index (κ3) is 4.93. The van der Waals surface area contributed by atoms with Crippen LogP contribution in [0.15, 0.2) is 60.9 Å². The third-order valence-electron chi connectivity index (χ3n) is 5.26. The molecule has 10 heteroatoms. The van der Waals surface area contributed by atoms with Crippen molar-refractivity contribution in [3.63, 3.8) is 0 Å². The number of halogens is 1. The van der Waals surface area contributed by atoms with Crippen molar-refractivity contribution in [3.8, 4) is 22.6 Å². The summed E-state index contributed by atoms with van der Waals surface area (Å²) in [6, 6.07) is 13.6. The van der Waals surface area contributed by atoms with Gasteiger partial charge < -0.3 is 25.5 Å². The van der Waals surface area contributed by atoms with Gasteiger partial charge in [0.25, 0.3) is 0 Å². The predicted molar refractivity (Wildman–Crippen MR) is 124 cm³/mol. The standard InChI is InChI=1S/C24H24FN7O2/c1-24(26)13-33-22(34-14-24)21-31-19(15-5-7-16(25)8-6-15)20(32-21)18-9-11-28-23(30-18)29-12-17-4-2-3-10-27-17/h2-11,22H,12-14,26H2,1H3,(H,31,32)(H,28,29,30). The molecule has 0 unspecified atom stereocenters. The van der Waals surface area contributed by atoms with Gasteiger partial charge in [-0.15, -0.1) is 0 Å². The molecule has 1 aromatic carbocycles. The average molecular weight is 462 g/mol. The highest BCUT2D eigenvalue weighted by molar-refractivity contribution is 5.77. The van der Waals surface area contributed by atoms with Gasteiger partial charge in [-0.1, -0.05) is 6.07 Å². The summed E-state index contributed by atoms with van der Waals surface area (Å²) in [7, 11) is 0. The van der Waals surface area contributed by atoms with Crippen LogP contribution in [0, 0.1) is 5.82 Å². The normalized spacial score (nSPS) is 20.3. The number of nitrogens with zero attached hydrogens (tertiary/aromatic N) is 4. The predicted octanol–water partition coefficient (Wildman–Crippen LogP) is 3.44. The van der Waals surface area contributed by atoms with Crippen molar-refractivity contribution in [2.24, 2.45) is 5.73 Å². The lowest BCUT2D eigenvalue weighted by Crippen LogP contribution is -2.50. The van der Waals surface area contributed by atoms with Crippen LogP contribution in [0.3, 0.4) is 0 Å². The number of H-pyrrole nitrogens is 1. The first kappa shape index (κ1) is 22.1. The van der Waals surface area contributed by atoms with Crippen molar-refractivity contribution in [1.82, 2.24) is 24.9 Å². The van der Waals surface area contributed by atoms with Crippen LogP contribution < -0.4 is 11.1 Å². The molecule has 0 atom stereocenters. The van der Waals surface area contributed by atoms with E-state index in [-0.39, 0.29) is 5.82 Å². The summed E-state index contributed by atoms with van der Waals surface area (Å²) >= 11 is 0. The van der Waals surface area contributed by atoms with Gasteiger partial charge in [-0.25, -0.2) is 19.3 Å². The van der Waals surface area contributed by atoms with Crippen LogP contribution >= 0.6 is 0 Å². The van der Waals surface area contributed by atoms with Crippen molar-refractivity contribution in [1.29, 1.82) is 0 Å². The second-order valence-corrected chi connectivity index (χ2v) is 8.40. The number of hydrogen-bond donors (Lipinski definition) is 3. The van der Waals surface area contributed by atoms with E-state index in [0.29, 0.717) is 48.6 Å². The summed E-state index contributed by atoms with van der Waals surface area (Å²) in [6.07, 6.45) is 2.69. The molecular weight excluding hydrogens is 437 g/mol. The molecule has 4 N–H and O–H groups in total. The Morgan fingerprint density at radius 1 is 1.06 bits per heavy atom. The largest absolute Gasteiger partial charge is 0.349 e. The van der Waals surface area contributed by atoms with Gasteiger partial charge in [0.05, 0.1) is 48.1 Å². The highest BCUT2D eigenvalue weighted by atomic mass is 19.1. The zero-order valence-corrected chi connectivity index (χ0v) is 18.5. The number of hydrogen-bond acceptors (Lipinski definition) is 8. The molecule has 5 rings (SSSR count). The summed E-state index contributed by atoms with van der Waals surface area (Å²) in [5.41, 5.74) is 8.96. The number of nitrogens with one attached hydrogen (secondary N) is 2. The Morgan fingerprint density at radius 2 is 1.85 bits per heavy atom. The molecule has 1 saturated heterocycles. The smallest absolute Gasteiger partial charge is 0.223 e. The van der Waals surface area contributed by atoms with Gasteiger partial charge in [0.15, 0.2) is 5.82 Å². The Morgan fingerprint density at radius 3 is 2.59 bits per heavy atom. The van der Waals surface area contributed by atoms with Crippen LogP contribution in [0.1, 0.15) is 24.7 Å². The fraction of sp³-hybridized carbons (Fsp3) is 0.250. The summed E-state index contributed by atoms with van der Waals surface area (Å²) in [5, 5.41) is 3.19. The van der Waals surface area contributed by atoms with Crippen LogP contribution in [0.4, 0.5) is 10.3 Å². The van der Waals surface area contributed by atoms with Crippen molar-refractivity contribution in [3.05, 3.63) is 78.3 Å². The van der Waals surface area contributed by atoms with Gasteiger partial charge in [0.1, 0.15) is 5.82 Å². The SMILES string of the molecule is CC1(N)COC(c2nc(-c3ccc(F)cc3)c(-c3ccnc(NCc4ccccn4)n3)[nH]2)OC1. The van der Waals surface area contributed by atoms with Crippen LogP contribution in [0.5, 0.6) is 0 Å². The molecule has 4 aromatic rings. The quantitative estimate of drug-likeness (QED) is 0.399. The summed E-state index contributed by atoms with van der Waals surface area (Å²) in [6.45, 7) is 3.00. The van der Waals surface area contributed by atoms with Crippen molar-refractivity contribution < 1.29 is 13.9 Å². The van der Waals surface area contributed by atoms with Gasteiger partial charge in [-0.05, 0) is 49.4 Å². The van der Waals surface area contributed by atoms with Crippen molar-refractivity contribution >= 4 is 5.95 Å². The summed E-state index contributed by atoms with van der Waals surface area (Å²) in [5.74, 6) is 0.588. The topological polar surface area (TPSA) is 124 Å². The van der Waals surface area contributed by atoms with Crippen molar-refractivity contribution in [2.75, 3.05) is 18.5 Å². The van der Waals surface area contributed by atoms with E-state index in [9.17, 15) is 4.39 Å². The zero-order chi connectivity index (χ0) is 23.5. The molecule has 174 valence electrons. The lowest BCUT2D eigenvalue weighted by atomic mass is 10.1. The van der Waals surface area contributed by atoms with Gasteiger partial charge >= 0.3 is 0 Å². The second kappa shape index (κ2) is 9.26. The second-order valence-electron chi connectivity index (χ2n) is 8.40. The molecule has 34 heavy (non-hydrogen) atoms. The first-order chi connectivity index (χ1) is 16.5. The minimum Gasteiger partial charge on any atom is -0.349 e. The first-order valence-corrected chi connectivity index (χ1v) is 10.8. The monoisotopic (exact) mass is 461 g/mol. The highest BCUT2D eigenvalue weighted by Crippen LogP contribution is 2.33. The van der Waals surface area contributed by atoms with Gasteiger partial charge in [-0.3, -0.25) is 4.98 Å². The van der Waals surface area contributed by atoms with Crippen LogP contribution in [-0.2, 0) is 16.0 Å². The maximum absolute atomic E-state index is 13.6. The maximum Gasteiger partial charge on any atom is 0.223 e. The van der Waals surface area contributed by atoms with E-state index in [1.165, 1.54) is 12.1 Å². The van der Waals surface area contributed by atoms with Gasteiger partial charge in [0, 0.05) is 18.0 Å². The van der Waals surface area contributed by atoms with E-state index in [0.717, 1.165) is 11.3 Å². The number of anilines is 1. The Hall–Kier alpha value is -3.73. The van der Waals surface area contributed by atoms with E-state index >= 15 is 0 Å². The molecule has 1 aliphatic heterocycles. The Labute approximate surface area is 195 Å². The number of aromatic amines is 1. The third-order valence-corrected chi connectivity index (χ3v) is 5.26. The molecule has 1 fully saturated rings. The fourth-order valence-electron chi connectivity index (χ4n) is 3.54. The highest BCUT2D eigenvalue weighted by Gasteiger charge is 2.32. The number of benzene rings is 1. The number of pyridine rings is 1. The molecule has 0 amide bonds. The Bertz CT molecular complexity index is 1250. The molecule has 9 nitrogen and oxygen atoms in total. The zero-order valence-electron chi connectivity index (χ0n) is 18.5. The number of aromatic nitrogens is 5. The molecule has 0 bridgehead atoms.